The molecule has 40 heavy (non-hydrogen) atoms. The average molecular weight is 594 g/mol. The van der Waals surface area contributed by atoms with Crippen molar-refractivity contribution in [3.63, 3.8) is 0 Å². The van der Waals surface area contributed by atoms with Crippen LogP contribution in [0.2, 0.25) is 10.0 Å². The molecule has 1 N–H and O–H groups in total. The van der Waals surface area contributed by atoms with Gasteiger partial charge in [-0.3, -0.25) is 4.79 Å². The van der Waals surface area contributed by atoms with Crippen LogP contribution >= 0.6 is 23.2 Å². The molecule has 1 aliphatic heterocycles. The molecule has 3 aromatic rings. The van der Waals surface area contributed by atoms with E-state index in [9.17, 15) is 13.6 Å². The zero-order valence-corrected chi connectivity index (χ0v) is 23.9. The van der Waals surface area contributed by atoms with Gasteiger partial charge in [-0.25, -0.2) is 13.8 Å². The highest BCUT2D eigenvalue weighted by Crippen LogP contribution is 2.38. The number of carbonyl (C=O) groups excluding carboxylic acids is 1. The number of alkyl halides is 2. The first-order valence-corrected chi connectivity index (χ1v) is 13.5. The second-order valence-corrected chi connectivity index (χ2v) is 10.9. The van der Waals surface area contributed by atoms with Gasteiger partial charge in [-0.2, -0.15) is 0 Å². The lowest BCUT2D eigenvalue weighted by atomic mass is 9.99. The minimum Gasteiger partial charge on any atom is -0.491 e. The minimum atomic E-state index is -3.02. The Bertz CT molecular complexity index is 1320. The van der Waals surface area contributed by atoms with Crippen LogP contribution in [-0.4, -0.2) is 59.3 Å². The number of hydrogen-bond acceptors (Lipinski definition) is 6. The Morgan fingerprint density at radius 1 is 1.07 bits per heavy atom. The van der Waals surface area contributed by atoms with Gasteiger partial charge in [0, 0.05) is 55.5 Å². The summed E-state index contributed by atoms with van der Waals surface area (Å²) in [5.74, 6) is -2.67. The van der Waals surface area contributed by atoms with E-state index in [4.69, 9.17) is 37.8 Å². The Hall–Kier alpha value is -3.14. The van der Waals surface area contributed by atoms with Crippen molar-refractivity contribution in [2.45, 2.75) is 38.3 Å². The molecule has 0 spiro atoms. The zero-order valence-electron chi connectivity index (χ0n) is 22.4. The average Bonchev–Trinajstić information content (AvgIpc) is 2.91. The van der Waals surface area contributed by atoms with Crippen LogP contribution in [0.4, 0.5) is 14.5 Å². The summed E-state index contributed by atoms with van der Waals surface area (Å²) in [5, 5.41) is 10.1. The van der Waals surface area contributed by atoms with Gasteiger partial charge in [0.05, 0.1) is 23.4 Å². The van der Waals surface area contributed by atoms with Crippen molar-refractivity contribution < 1.29 is 28.2 Å². The third-order valence-electron chi connectivity index (χ3n) is 6.63. The quantitative estimate of drug-likeness (QED) is 0.322. The van der Waals surface area contributed by atoms with E-state index in [2.05, 4.69) is 9.88 Å². The standard InChI is InChI=1S/C29H31Cl2F2N3O4/c1-28(2,40-26-11-6-20(17-34-26)29(3,32)33)27(38)35-12-13-36(25(18-35)19-4-7-21(30)8-5-19)24-10-9-22(16-23(24)31)39-15-14-37/h4-11,16-17,25,37H,12-15,18H2,1-3H3/t25-/m0/s1. The molecule has 1 aliphatic rings. The van der Waals surface area contributed by atoms with Gasteiger partial charge in [0.2, 0.25) is 5.88 Å². The fraction of sp³-hybridized carbons (Fsp3) is 0.379. The SMILES string of the molecule is CC(C)(Oc1ccc(C(C)(F)F)cn1)C(=O)N1CCN(c2ccc(OCCO)cc2Cl)[C@H](c2ccc(Cl)cc2)C1. The second kappa shape index (κ2) is 12.2. The molecular weight excluding hydrogens is 563 g/mol. The van der Waals surface area contributed by atoms with Gasteiger partial charge < -0.3 is 24.4 Å². The number of aliphatic hydroxyl groups excluding tert-OH is 1. The third kappa shape index (κ3) is 6.95. The van der Waals surface area contributed by atoms with Crippen molar-refractivity contribution in [3.8, 4) is 11.6 Å². The van der Waals surface area contributed by atoms with Crippen LogP contribution in [0.15, 0.2) is 60.8 Å². The Balaban J connectivity index is 1.56. The number of rotatable bonds is 9. The van der Waals surface area contributed by atoms with E-state index in [1.165, 1.54) is 12.1 Å². The first-order chi connectivity index (χ1) is 18.9. The summed E-state index contributed by atoms with van der Waals surface area (Å²) in [6, 6.07) is 15.1. The van der Waals surface area contributed by atoms with Gasteiger partial charge >= 0.3 is 0 Å². The highest BCUT2D eigenvalue weighted by molar-refractivity contribution is 6.33. The van der Waals surface area contributed by atoms with Crippen molar-refractivity contribution in [1.82, 2.24) is 9.88 Å². The minimum absolute atomic E-state index is 0.0783. The molecule has 1 saturated heterocycles. The van der Waals surface area contributed by atoms with E-state index in [0.717, 1.165) is 24.4 Å². The molecule has 0 unspecified atom stereocenters. The van der Waals surface area contributed by atoms with E-state index in [1.807, 2.05) is 18.2 Å². The fourth-order valence-electron chi connectivity index (χ4n) is 4.59. The number of ether oxygens (including phenoxy) is 2. The maximum Gasteiger partial charge on any atom is 0.272 e. The summed E-state index contributed by atoms with van der Waals surface area (Å²) in [5.41, 5.74) is 0.171. The number of aliphatic hydroxyl groups is 1. The molecule has 214 valence electrons. The molecule has 0 radical (unpaired) electrons. The van der Waals surface area contributed by atoms with Gasteiger partial charge in [0.1, 0.15) is 12.4 Å². The highest BCUT2D eigenvalue weighted by Gasteiger charge is 2.39. The molecular formula is C29H31Cl2F2N3O4. The summed E-state index contributed by atoms with van der Waals surface area (Å²) in [6.07, 6.45) is 1.05. The summed E-state index contributed by atoms with van der Waals surface area (Å²) in [4.78, 5) is 21.5. The maximum atomic E-state index is 13.7. The number of amides is 1. The molecule has 0 saturated carbocycles. The third-order valence-corrected chi connectivity index (χ3v) is 7.18. The molecule has 2 aromatic carbocycles. The molecule has 7 nitrogen and oxygen atoms in total. The predicted molar refractivity (Wildman–Crippen MR) is 151 cm³/mol. The number of piperazine rings is 1. The van der Waals surface area contributed by atoms with Crippen molar-refractivity contribution in [2.24, 2.45) is 0 Å². The predicted octanol–water partition coefficient (Wildman–Crippen LogP) is 6.12. The van der Waals surface area contributed by atoms with E-state index >= 15 is 0 Å². The number of benzene rings is 2. The molecule has 11 heteroatoms. The molecule has 0 aliphatic carbocycles. The zero-order chi connectivity index (χ0) is 29.1. The number of hydrogen-bond donors (Lipinski definition) is 1. The fourth-order valence-corrected chi connectivity index (χ4v) is 4.99. The lowest BCUT2D eigenvalue weighted by Crippen LogP contribution is -2.56. The lowest BCUT2D eigenvalue weighted by molar-refractivity contribution is -0.146. The number of aromatic nitrogens is 1. The summed E-state index contributed by atoms with van der Waals surface area (Å²) in [7, 11) is 0. The Labute approximate surface area is 242 Å². The molecule has 1 aromatic heterocycles. The smallest absolute Gasteiger partial charge is 0.272 e. The van der Waals surface area contributed by atoms with Crippen LogP contribution in [0.1, 0.15) is 37.9 Å². The van der Waals surface area contributed by atoms with Gasteiger partial charge in [0.25, 0.3) is 11.8 Å². The van der Waals surface area contributed by atoms with E-state index < -0.39 is 11.5 Å². The van der Waals surface area contributed by atoms with Crippen LogP contribution in [0.5, 0.6) is 11.6 Å². The van der Waals surface area contributed by atoms with E-state index in [0.29, 0.717) is 35.4 Å². The monoisotopic (exact) mass is 593 g/mol. The largest absolute Gasteiger partial charge is 0.491 e. The van der Waals surface area contributed by atoms with Crippen molar-refractivity contribution in [2.75, 3.05) is 37.7 Å². The molecule has 1 amide bonds. The normalized spacial score (nSPS) is 16.1. The van der Waals surface area contributed by atoms with Gasteiger partial charge in [-0.1, -0.05) is 35.3 Å². The van der Waals surface area contributed by atoms with Crippen LogP contribution < -0.4 is 14.4 Å². The topological polar surface area (TPSA) is 75.1 Å². The first-order valence-electron chi connectivity index (χ1n) is 12.8. The van der Waals surface area contributed by atoms with E-state index in [-0.39, 0.29) is 36.6 Å². The second-order valence-electron chi connectivity index (χ2n) is 10.1. The van der Waals surface area contributed by atoms with Crippen molar-refractivity contribution in [3.05, 3.63) is 82.0 Å². The molecule has 1 fully saturated rings. The number of halogens is 4. The number of carbonyl (C=O) groups is 1. The Morgan fingerprint density at radius 2 is 1.80 bits per heavy atom. The first kappa shape index (κ1) is 29.8. The van der Waals surface area contributed by atoms with Gasteiger partial charge in [-0.05, 0) is 49.7 Å². The van der Waals surface area contributed by atoms with Crippen molar-refractivity contribution >= 4 is 34.8 Å². The lowest BCUT2D eigenvalue weighted by Gasteiger charge is -2.45. The number of nitrogens with zero attached hydrogens (tertiary/aromatic N) is 3. The van der Waals surface area contributed by atoms with Crippen LogP contribution in [0, 0.1) is 0 Å². The molecule has 4 rings (SSSR count). The van der Waals surface area contributed by atoms with E-state index in [1.54, 1.807) is 43.0 Å². The number of anilines is 1. The van der Waals surface area contributed by atoms with Crippen LogP contribution in [-0.2, 0) is 10.7 Å². The molecule has 0 bridgehead atoms. The van der Waals surface area contributed by atoms with Crippen molar-refractivity contribution in [1.29, 1.82) is 0 Å². The van der Waals surface area contributed by atoms with Gasteiger partial charge in [0.15, 0.2) is 5.60 Å². The maximum absolute atomic E-state index is 13.7. The van der Waals surface area contributed by atoms with Crippen LogP contribution in [0.3, 0.4) is 0 Å². The molecule has 2 heterocycles. The molecule has 1 atom stereocenters. The van der Waals surface area contributed by atoms with Gasteiger partial charge in [-0.15, -0.1) is 0 Å². The summed E-state index contributed by atoms with van der Waals surface area (Å²) in [6.45, 7) is 5.31. The van der Waals surface area contributed by atoms with Crippen LogP contribution in [0.25, 0.3) is 0 Å². The Kier molecular flexibility index (Phi) is 9.07. The summed E-state index contributed by atoms with van der Waals surface area (Å²) < 4.78 is 38.5. The number of pyridine rings is 1. The Morgan fingerprint density at radius 3 is 2.40 bits per heavy atom. The summed E-state index contributed by atoms with van der Waals surface area (Å²) >= 11 is 12.8. The highest BCUT2D eigenvalue weighted by atomic mass is 35.5.